The zero-order chi connectivity index (χ0) is 13.8. The lowest BCUT2D eigenvalue weighted by atomic mass is 9.75. The molecule has 1 N–H and O–H groups in total. The second kappa shape index (κ2) is 6.00. The number of Topliss-reactive ketones (excluding diaryl/α,β-unsaturated/α-hetero) is 1. The van der Waals surface area contributed by atoms with Crippen LogP contribution in [0.2, 0.25) is 0 Å². The number of hydrogen-bond acceptors (Lipinski definition) is 2. The second-order valence-corrected chi connectivity index (χ2v) is 5.32. The van der Waals surface area contributed by atoms with Gasteiger partial charge in [-0.05, 0) is 24.0 Å². The fourth-order valence-corrected chi connectivity index (χ4v) is 2.87. The van der Waals surface area contributed by atoms with Crippen molar-refractivity contribution in [3.63, 3.8) is 0 Å². The molecule has 2 rings (SSSR count). The van der Waals surface area contributed by atoms with Gasteiger partial charge in [0.05, 0.1) is 5.92 Å². The van der Waals surface area contributed by atoms with Gasteiger partial charge in [0.1, 0.15) is 5.78 Å². The van der Waals surface area contributed by atoms with Gasteiger partial charge in [-0.25, -0.2) is 0 Å². The lowest BCUT2D eigenvalue weighted by Gasteiger charge is -2.28. The molecule has 3 nitrogen and oxygen atoms in total. The van der Waals surface area contributed by atoms with Crippen LogP contribution in [0.3, 0.4) is 0 Å². The molecule has 1 aromatic rings. The molecule has 0 aliphatic heterocycles. The number of ketones is 1. The quantitative estimate of drug-likeness (QED) is 0.904. The largest absolute Gasteiger partial charge is 0.481 e. The van der Waals surface area contributed by atoms with Gasteiger partial charge in [0.2, 0.25) is 0 Å². The molecule has 19 heavy (non-hydrogen) atoms. The number of benzene rings is 1. The number of aryl methyl sites for hydroxylation is 1. The van der Waals surface area contributed by atoms with Gasteiger partial charge in [-0.2, -0.15) is 0 Å². The van der Waals surface area contributed by atoms with Gasteiger partial charge in [-0.15, -0.1) is 0 Å². The fourth-order valence-electron chi connectivity index (χ4n) is 2.87. The topological polar surface area (TPSA) is 54.4 Å². The highest BCUT2D eigenvalue weighted by Gasteiger charge is 2.35. The Bertz CT molecular complexity index is 461. The minimum Gasteiger partial charge on any atom is -0.481 e. The predicted molar refractivity (Wildman–Crippen MR) is 73.2 cm³/mol. The molecule has 1 aliphatic carbocycles. The normalized spacial score (nSPS) is 23.3. The van der Waals surface area contributed by atoms with Gasteiger partial charge in [0, 0.05) is 18.8 Å². The summed E-state index contributed by atoms with van der Waals surface area (Å²) in [5, 5.41) is 9.28. The van der Waals surface area contributed by atoms with Crippen molar-refractivity contribution in [2.75, 3.05) is 0 Å². The molecule has 3 heteroatoms. The van der Waals surface area contributed by atoms with E-state index in [1.165, 1.54) is 5.56 Å². The molecule has 0 radical (unpaired) electrons. The number of carboxylic acids is 1. The van der Waals surface area contributed by atoms with E-state index in [-0.39, 0.29) is 11.7 Å². The Kier molecular flexibility index (Phi) is 4.35. The molecule has 0 amide bonds. The average Bonchev–Trinajstić information content (AvgIpc) is 2.39. The van der Waals surface area contributed by atoms with E-state index in [1.807, 2.05) is 12.1 Å². The van der Waals surface area contributed by atoms with Crippen molar-refractivity contribution in [1.82, 2.24) is 0 Å². The maximum Gasteiger partial charge on any atom is 0.307 e. The first-order chi connectivity index (χ1) is 9.11. The summed E-state index contributed by atoms with van der Waals surface area (Å²) in [6, 6.07) is 8.09. The molecule has 0 aromatic heterocycles. The summed E-state index contributed by atoms with van der Waals surface area (Å²) in [6.07, 6.45) is 3.37. The van der Waals surface area contributed by atoms with Gasteiger partial charge in [-0.1, -0.05) is 37.6 Å². The van der Waals surface area contributed by atoms with E-state index in [2.05, 4.69) is 19.1 Å². The van der Waals surface area contributed by atoms with Gasteiger partial charge >= 0.3 is 5.97 Å². The zero-order valence-corrected chi connectivity index (χ0v) is 11.3. The van der Waals surface area contributed by atoms with Gasteiger partial charge in [0.15, 0.2) is 0 Å². The first-order valence-electron chi connectivity index (χ1n) is 6.95. The Hall–Kier alpha value is -1.64. The molecule has 0 saturated heterocycles. The number of aliphatic carboxylic acids is 1. The number of hydrogen-bond donors (Lipinski definition) is 1. The lowest BCUT2D eigenvalue weighted by Crippen LogP contribution is -2.29. The molecule has 2 unspecified atom stereocenters. The van der Waals surface area contributed by atoms with Crippen LogP contribution in [0.1, 0.15) is 49.7 Å². The summed E-state index contributed by atoms with van der Waals surface area (Å²) in [5.41, 5.74) is 2.25. The van der Waals surface area contributed by atoms with Crippen LogP contribution in [0.25, 0.3) is 0 Å². The molecular formula is C16H20O3. The van der Waals surface area contributed by atoms with Crippen LogP contribution in [0.4, 0.5) is 0 Å². The third-order valence-corrected chi connectivity index (χ3v) is 3.93. The molecule has 0 spiro atoms. The zero-order valence-electron chi connectivity index (χ0n) is 11.3. The molecule has 1 aromatic carbocycles. The van der Waals surface area contributed by atoms with Crippen molar-refractivity contribution in [2.45, 2.75) is 44.9 Å². The molecule has 1 fully saturated rings. The van der Waals surface area contributed by atoms with Crippen molar-refractivity contribution in [2.24, 2.45) is 5.92 Å². The molecule has 0 heterocycles. The van der Waals surface area contributed by atoms with Crippen molar-refractivity contribution in [1.29, 1.82) is 0 Å². The van der Waals surface area contributed by atoms with E-state index in [0.29, 0.717) is 19.3 Å². The second-order valence-electron chi connectivity index (χ2n) is 5.32. The molecule has 0 bridgehead atoms. The van der Waals surface area contributed by atoms with Crippen LogP contribution in [0.5, 0.6) is 0 Å². The Morgan fingerprint density at radius 3 is 2.58 bits per heavy atom. The smallest absolute Gasteiger partial charge is 0.307 e. The third kappa shape index (κ3) is 3.22. The lowest BCUT2D eigenvalue weighted by molar-refractivity contribution is -0.144. The first kappa shape index (κ1) is 13.8. The standard InChI is InChI=1S/C16H20O3/c1-2-3-11-4-6-12(7-5-11)15-10-13(17)8-9-14(15)16(18)19/h4-7,14-15H,2-3,8-10H2,1H3,(H,18,19). The maximum absolute atomic E-state index is 11.6. The van der Waals surface area contributed by atoms with E-state index in [0.717, 1.165) is 18.4 Å². The Morgan fingerprint density at radius 1 is 1.32 bits per heavy atom. The third-order valence-electron chi connectivity index (χ3n) is 3.93. The highest BCUT2D eigenvalue weighted by molar-refractivity contribution is 5.83. The van der Waals surface area contributed by atoms with E-state index < -0.39 is 11.9 Å². The maximum atomic E-state index is 11.6. The van der Waals surface area contributed by atoms with Crippen LogP contribution in [-0.2, 0) is 16.0 Å². The summed E-state index contributed by atoms with van der Waals surface area (Å²) in [6.45, 7) is 2.13. The van der Waals surface area contributed by atoms with Crippen molar-refractivity contribution in [3.05, 3.63) is 35.4 Å². The van der Waals surface area contributed by atoms with Crippen LogP contribution in [0.15, 0.2) is 24.3 Å². The van der Waals surface area contributed by atoms with E-state index in [4.69, 9.17) is 0 Å². The molecule has 102 valence electrons. The Morgan fingerprint density at radius 2 is 2.00 bits per heavy atom. The fraction of sp³-hybridized carbons (Fsp3) is 0.500. The molecular weight excluding hydrogens is 240 g/mol. The summed E-state index contributed by atoms with van der Waals surface area (Å²) < 4.78 is 0. The molecule has 2 atom stereocenters. The number of rotatable bonds is 4. The minimum atomic E-state index is -0.782. The van der Waals surface area contributed by atoms with Crippen LogP contribution >= 0.6 is 0 Å². The Labute approximate surface area is 113 Å². The monoisotopic (exact) mass is 260 g/mol. The van der Waals surface area contributed by atoms with Crippen LogP contribution < -0.4 is 0 Å². The highest BCUT2D eigenvalue weighted by Crippen LogP contribution is 2.36. The van der Waals surface area contributed by atoms with Crippen molar-refractivity contribution >= 4 is 11.8 Å². The summed E-state index contributed by atoms with van der Waals surface area (Å²) in [4.78, 5) is 22.9. The number of carbonyl (C=O) groups is 2. The van der Waals surface area contributed by atoms with E-state index in [1.54, 1.807) is 0 Å². The predicted octanol–water partition coefficient (Wildman–Crippen LogP) is 3.18. The van der Waals surface area contributed by atoms with Gasteiger partial charge in [-0.3, -0.25) is 9.59 Å². The van der Waals surface area contributed by atoms with E-state index >= 15 is 0 Å². The first-order valence-corrected chi connectivity index (χ1v) is 6.95. The van der Waals surface area contributed by atoms with Crippen LogP contribution in [0, 0.1) is 5.92 Å². The van der Waals surface area contributed by atoms with Gasteiger partial charge in [0.25, 0.3) is 0 Å². The van der Waals surface area contributed by atoms with Crippen molar-refractivity contribution < 1.29 is 14.7 Å². The molecule has 1 aliphatic rings. The minimum absolute atomic E-state index is 0.158. The SMILES string of the molecule is CCCc1ccc(C2CC(=O)CCC2C(=O)O)cc1. The van der Waals surface area contributed by atoms with Crippen LogP contribution in [-0.4, -0.2) is 16.9 Å². The Balaban J connectivity index is 2.21. The molecule has 1 saturated carbocycles. The summed E-state index contributed by atoms with van der Waals surface area (Å²) in [7, 11) is 0. The average molecular weight is 260 g/mol. The summed E-state index contributed by atoms with van der Waals surface area (Å²) in [5.74, 6) is -1.18. The highest BCUT2D eigenvalue weighted by atomic mass is 16.4. The van der Waals surface area contributed by atoms with E-state index in [9.17, 15) is 14.7 Å². The van der Waals surface area contributed by atoms with Gasteiger partial charge < -0.3 is 5.11 Å². The number of carbonyl (C=O) groups excluding carboxylic acids is 1. The van der Waals surface area contributed by atoms with Crippen molar-refractivity contribution in [3.8, 4) is 0 Å². The summed E-state index contributed by atoms with van der Waals surface area (Å²) >= 11 is 0. The number of carboxylic acid groups (broad SMARTS) is 1.